The topological polar surface area (TPSA) is 70.7 Å². The zero-order valence-corrected chi connectivity index (χ0v) is 17.0. The fourth-order valence-electron chi connectivity index (χ4n) is 2.01. The van der Waals surface area contributed by atoms with Gasteiger partial charge in [0.05, 0.1) is 6.54 Å². The molecule has 1 aromatic carbocycles. The van der Waals surface area contributed by atoms with Gasteiger partial charge in [-0.3, -0.25) is 4.79 Å². The maximum atomic E-state index is 11.8. The Hall–Kier alpha value is -1.61. The Morgan fingerprint density at radius 3 is 2.54 bits per heavy atom. The summed E-state index contributed by atoms with van der Waals surface area (Å²) in [6, 6.07) is 11.6. The van der Waals surface area contributed by atoms with Crippen molar-refractivity contribution in [3.8, 4) is 0 Å². The molecule has 2 aromatic rings. The van der Waals surface area contributed by atoms with E-state index in [1.165, 1.54) is 4.88 Å². The number of hydrogen-bond acceptors (Lipinski definition) is 3. The lowest BCUT2D eigenvalue weighted by atomic mass is 10.1. The van der Waals surface area contributed by atoms with Crippen molar-refractivity contribution in [2.24, 2.45) is 10.7 Å². The summed E-state index contributed by atoms with van der Waals surface area (Å²) >= 11 is 1.74. The number of carbonyl (C=O) groups is 1. The molecule has 130 valence electrons. The Labute approximate surface area is 164 Å². The third-order valence-electron chi connectivity index (χ3n) is 3.30. The molecule has 1 aromatic heterocycles. The van der Waals surface area contributed by atoms with E-state index in [4.69, 9.17) is 5.73 Å². The number of benzene rings is 1. The van der Waals surface area contributed by atoms with Crippen LogP contribution < -0.4 is 11.1 Å². The standard InChI is InChI=1S/C17H22N4OS.HI/c1-21(2)16(22)14-7-5-13(6-8-14)12-20-17(18)19-10-9-15-4-3-11-23-15;/h3-8,11H,9-10,12H2,1-2H3,(H3,18,19,20);1H. The molecular formula is C17H23IN4OS. The van der Waals surface area contributed by atoms with Gasteiger partial charge in [0.1, 0.15) is 0 Å². The van der Waals surface area contributed by atoms with Gasteiger partial charge >= 0.3 is 0 Å². The minimum atomic E-state index is -0.00481. The largest absolute Gasteiger partial charge is 0.370 e. The predicted molar refractivity (Wildman–Crippen MR) is 111 cm³/mol. The maximum Gasteiger partial charge on any atom is 0.253 e. The van der Waals surface area contributed by atoms with Crippen LogP contribution in [-0.4, -0.2) is 37.4 Å². The predicted octanol–water partition coefficient (Wildman–Crippen LogP) is 2.71. The molecule has 0 atom stereocenters. The van der Waals surface area contributed by atoms with Crippen LogP contribution in [0.25, 0.3) is 0 Å². The molecule has 7 heteroatoms. The molecular weight excluding hydrogens is 435 g/mol. The SMILES string of the molecule is CN(C)C(=O)c1ccc(CN=C(N)NCCc2cccs2)cc1.I. The van der Waals surface area contributed by atoms with Gasteiger partial charge in [0.2, 0.25) is 0 Å². The number of carbonyl (C=O) groups excluding carboxylic acids is 1. The van der Waals surface area contributed by atoms with Crippen molar-refractivity contribution in [1.29, 1.82) is 0 Å². The Bertz CT molecular complexity index is 654. The number of guanidine groups is 1. The fourth-order valence-corrected chi connectivity index (χ4v) is 2.72. The lowest BCUT2D eigenvalue weighted by Crippen LogP contribution is -2.33. The van der Waals surface area contributed by atoms with E-state index in [2.05, 4.69) is 21.8 Å². The maximum absolute atomic E-state index is 11.8. The molecule has 0 aliphatic rings. The summed E-state index contributed by atoms with van der Waals surface area (Å²) in [6.07, 6.45) is 0.940. The summed E-state index contributed by atoms with van der Waals surface area (Å²) in [7, 11) is 3.48. The van der Waals surface area contributed by atoms with Crippen LogP contribution in [0.2, 0.25) is 0 Å². The van der Waals surface area contributed by atoms with E-state index in [1.54, 1.807) is 30.3 Å². The van der Waals surface area contributed by atoms with Gasteiger partial charge in [-0.15, -0.1) is 35.3 Å². The minimum absolute atomic E-state index is 0. The molecule has 0 fully saturated rings. The van der Waals surface area contributed by atoms with Crippen LogP contribution in [0.4, 0.5) is 0 Å². The highest BCUT2D eigenvalue weighted by Crippen LogP contribution is 2.08. The number of rotatable bonds is 6. The first-order valence-electron chi connectivity index (χ1n) is 7.43. The zero-order chi connectivity index (χ0) is 16.7. The van der Waals surface area contributed by atoms with E-state index in [-0.39, 0.29) is 29.9 Å². The Kier molecular flexibility index (Phi) is 8.77. The van der Waals surface area contributed by atoms with Gasteiger partial charge in [-0.05, 0) is 35.6 Å². The van der Waals surface area contributed by atoms with Crippen molar-refractivity contribution in [2.75, 3.05) is 20.6 Å². The van der Waals surface area contributed by atoms with E-state index >= 15 is 0 Å². The first kappa shape index (κ1) is 20.4. The van der Waals surface area contributed by atoms with Crippen molar-refractivity contribution >= 4 is 47.2 Å². The fraction of sp³-hybridized carbons (Fsp3) is 0.294. The van der Waals surface area contributed by atoms with Gasteiger partial charge in [-0.25, -0.2) is 4.99 Å². The van der Waals surface area contributed by atoms with Crippen molar-refractivity contribution in [2.45, 2.75) is 13.0 Å². The number of halogens is 1. The highest BCUT2D eigenvalue weighted by atomic mass is 127. The molecule has 5 nitrogen and oxygen atoms in total. The second-order valence-corrected chi connectivity index (χ2v) is 6.39. The third kappa shape index (κ3) is 6.48. The van der Waals surface area contributed by atoms with Crippen LogP contribution in [0.15, 0.2) is 46.8 Å². The summed E-state index contributed by atoms with van der Waals surface area (Å²) < 4.78 is 0. The minimum Gasteiger partial charge on any atom is -0.370 e. The van der Waals surface area contributed by atoms with Gasteiger partial charge in [0.15, 0.2) is 5.96 Å². The summed E-state index contributed by atoms with van der Waals surface area (Å²) in [5.74, 6) is 0.435. The molecule has 0 aliphatic carbocycles. The summed E-state index contributed by atoms with van der Waals surface area (Å²) in [5.41, 5.74) is 7.55. The number of thiophene rings is 1. The average molecular weight is 458 g/mol. The first-order chi connectivity index (χ1) is 11.1. The van der Waals surface area contributed by atoms with E-state index in [1.807, 2.05) is 30.3 Å². The highest BCUT2D eigenvalue weighted by Gasteiger charge is 2.06. The van der Waals surface area contributed by atoms with Crippen molar-refractivity contribution in [3.63, 3.8) is 0 Å². The third-order valence-corrected chi connectivity index (χ3v) is 4.23. The molecule has 3 N–H and O–H groups in total. The summed E-state index contributed by atoms with van der Waals surface area (Å²) in [5, 5.41) is 5.18. The quantitative estimate of drug-likeness (QED) is 0.398. The zero-order valence-electron chi connectivity index (χ0n) is 13.9. The second kappa shape index (κ2) is 10.3. The number of nitrogens with two attached hydrogens (primary N) is 1. The van der Waals surface area contributed by atoms with Crippen LogP contribution in [0.1, 0.15) is 20.8 Å². The lowest BCUT2D eigenvalue weighted by Gasteiger charge is -2.10. The molecule has 0 aliphatic heterocycles. The summed E-state index contributed by atoms with van der Waals surface area (Å²) in [6.45, 7) is 1.26. The van der Waals surface area contributed by atoms with Crippen LogP contribution >= 0.6 is 35.3 Å². The number of nitrogens with zero attached hydrogens (tertiary/aromatic N) is 2. The number of hydrogen-bond donors (Lipinski definition) is 2. The van der Waals surface area contributed by atoms with Crippen molar-refractivity contribution < 1.29 is 4.79 Å². The van der Waals surface area contributed by atoms with Gasteiger partial charge in [0.25, 0.3) is 5.91 Å². The van der Waals surface area contributed by atoms with E-state index < -0.39 is 0 Å². The van der Waals surface area contributed by atoms with E-state index in [0.29, 0.717) is 18.1 Å². The highest BCUT2D eigenvalue weighted by molar-refractivity contribution is 14.0. The molecule has 0 saturated carbocycles. The Balaban J connectivity index is 0.00000288. The second-order valence-electron chi connectivity index (χ2n) is 5.35. The Morgan fingerprint density at radius 2 is 1.96 bits per heavy atom. The number of nitrogens with one attached hydrogen (secondary N) is 1. The number of amides is 1. The van der Waals surface area contributed by atoms with Gasteiger partial charge in [0, 0.05) is 31.1 Å². The van der Waals surface area contributed by atoms with Crippen LogP contribution in [0.5, 0.6) is 0 Å². The first-order valence-corrected chi connectivity index (χ1v) is 8.31. The molecule has 0 radical (unpaired) electrons. The van der Waals surface area contributed by atoms with Crippen LogP contribution in [0.3, 0.4) is 0 Å². The average Bonchev–Trinajstić information content (AvgIpc) is 3.06. The number of aliphatic imine (C=N–C) groups is 1. The van der Waals surface area contributed by atoms with Crippen LogP contribution in [-0.2, 0) is 13.0 Å². The van der Waals surface area contributed by atoms with E-state index in [0.717, 1.165) is 18.5 Å². The molecule has 24 heavy (non-hydrogen) atoms. The van der Waals surface area contributed by atoms with Gasteiger partial charge in [-0.1, -0.05) is 18.2 Å². The monoisotopic (exact) mass is 458 g/mol. The molecule has 0 spiro atoms. The Morgan fingerprint density at radius 1 is 1.25 bits per heavy atom. The van der Waals surface area contributed by atoms with Crippen LogP contribution in [0, 0.1) is 0 Å². The van der Waals surface area contributed by atoms with E-state index in [9.17, 15) is 4.79 Å². The lowest BCUT2D eigenvalue weighted by molar-refractivity contribution is 0.0827. The molecule has 2 rings (SSSR count). The molecule has 0 bridgehead atoms. The van der Waals surface area contributed by atoms with Gasteiger partial charge in [-0.2, -0.15) is 0 Å². The van der Waals surface area contributed by atoms with Crippen molar-refractivity contribution in [3.05, 3.63) is 57.8 Å². The summed E-state index contributed by atoms with van der Waals surface area (Å²) in [4.78, 5) is 19.0. The molecule has 0 saturated heterocycles. The molecule has 1 heterocycles. The normalized spacial score (nSPS) is 10.8. The van der Waals surface area contributed by atoms with Gasteiger partial charge < -0.3 is 16.0 Å². The van der Waals surface area contributed by atoms with Crippen molar-refractivity contribution in [1.82, 2.24) is 10.2 Å². The molecule has 1 amide bonds. The molecule has 0 unspecified atom stereocenters. The smallest absolute Gasteiger partial charge is 0.253 e.